The van der Waals surface area contributed by atoms with Crippen LogP contribution >= 0.6 is 0 Å². The van der Waals surface area contributed by atoms with Gasteiger partial charge in [0, 0.05) is 30.1 Å². The van der Waals surface area contributed by atoms with E-state index in [0.717, 1.165) is 44.1 Å². The summed E-state index contributed by atoms with van der Waals surface area (Å²) in [4.78, 5) is 28.7. The topological polar surface area (TPSA) is 99.1 Å². The van der Waals surface area contributed by atoms with Crippen LogP contribution < -0.4 is 10.1 Å². The fourth-order valence-electron chi connectivity index (χ4n) is 5.77. The maximum atomic E-state index is 13.6. The number of fused-ring (bicyclic) bond motifs is 3. The van der Waals surface area contributed by atoms with E-state index in [1.165, 1.54) is 0 Å². The van der Waals surface area contributed by atoms with Gasteiger partial charge in [-0.25, -0.2) is 0 Å². The van der Waals surface area contributed by atoms with Crippen LogP contribution in [0.15, 0.2) is 35.9 Å². The van der Waals surface area contributed by atoms with Gasteiger partial charge in [0.05, 0.1) is 18.6 Å². The third kappa shape index (κ3) is 5.01. The minimum atomic E-state index is -0.953. The summed E-state index contributed by atoms with van der Waals surface area (Å²) in [5, 5.41) is 23.6. The van der Waals surface area contributed by atoms with Crippen LogP contribution in [0.1, 0.15) is 70.3 Å². The van der Waals surface area contributed by atoms with Crippen molar-refractivity contribution in [2.45, 2.75) is 89.0 Å². The molecule has 1 aromatic carbocycles. The van der Waals surface area contributed by atoms with Crippen molar-refractivity contribution in [1.29, 1.82) is 0 Å². The van der Waals surface area contributed by atoms with E-state index in [9.17, 15) is 19.8 Å². The number of benzene rings is 1. The van der Waals surface area contributed by atoms with Gasteiger partial charge >= 0.3 is 0 Å². The monoisotopic (exact) mass is 470 g/mol. The number of para-hydroxylation sites is 1. The Morgan fingerprint density at radius 2 is 1.85 bits per heavy atom. The Labute approximate surface area is 202 Å². The summed E-state index contributed by atoms with van der Waals surface area (Å²) in [5.41, 5.74) is 1.36. The normalized spacial score (nSPS) is 26.7. The second kappa shape index (κ2) is 10.9. The zero-order valence-electron chi connectivity index (χ0n) is 20.3. The smallest absolute Gasteiger partial charge is 0.247 e. The Balaban J connectivity index is 1.75. The number of nitrogens with zero attached hydrogens (tertiary/aromatic N) is 1. The van der Waals surface area contributed by atoms with Crippen molar-refractivity contribution in [3.63, 3.8) is 0 Å². The van der Waals surface area contributed by atoms with Crippen LogP contribution in [0.2, 0.25) is 0 Å². The Hall–Kier alpha value is -2.38. The number of hydrogen-bond acceptors (Lipinski definition) is 5. The molecule has 4 rings (SSSR count). The maximum absolute atomic E-state index is 13.6. The Morgan fingerprint density at radius 3 is 2.53 bits per heavy atom. The van der Waals surface area contributed by atoms with Gasteiger partial charge in [-0.3, -0.25) is 9.59 Å². The first-order valence-electron chi connectivity index (χ1n) is 12.8. The molecule has 0 saturated heterocycles. The van der Waals surface area contributed by atoms with Crippen molar-refractivity contribution >= 4 is 11.8 Å². The van der Waals surface area contributed by atoms with E-state index in [1.54, 1.807) is 6.08 Å². The van der Waals surface area contributed by atoms with Crippen LogP contribution in [0.5, 0.6) is 5.75 Å². The van der Waals surface area contributed by atoms with Gasteiger partial charge in [0.15, 0.2) is 0 Å². The van der Waals surface area contributed by atoms with Gasteiger partial charge in [0.2, 0.25) is 11.8 Å². The minimum absolute atomic E-state index is 0.0197. The summed E-state index contributed by atoms with van der Waals surface area (Å²) in [6, 6.07) is 6.94. The first kappa shape index (κ1) is 24.7. The Kier molecular flexibility index (Phi) is 7.94. The number of ether oxygens (including phenoxy) is 1. The average Bonchev–Trinajstić information content (AvgIpc) is 3.00. The van der Waals surface area contributed by atoms with Crippen LogP contribution in [-0.4, -0.2) is 64.4 Å². The molecule has 1 fully saturated rings. The molecule has 4 unspecified atom stereocenters. The van der Waals surface area contributed by atoms with Gasteiger partial charge in [-0.1, -0.05) is 57.7 Å². The van der Waals surface area contributed by atoms with E-state index in [2.05, 4.69) is 5.32 Å². The van der Waals surface area contributed by atoms with Crippen molar-refractivity contribution in [2.24, 2.45) is 5.92 Å². The van der Waals surface area contributed by atoms with Crippen LogP contribution in [0, 0.1) is 5.92 Å². The molecule has 0 bridgehead atoms. The number of nitrogens with one attached hydrogen (secondary N) is 1. The number of aliphatic hydroxyl groups excluding tert-OH is 2. The molecule has 1 aliphatic heterocycles. The zero-order valence-corrected chi connectivity index (χ0v) is 20.3. The summed E-state index contributed by atoms with van der Waals surface area (Å²) < 4.78 is 6.20. The molecule has 0 aromatic heterocycles. The molecule has 1 saturated carbocycles. The predicted octanol–water partition coefficient (Wildman–Crippen LogP) is 2.91. The molecule has 34 heavy (non-hydrogen) atoms. The second-order valence-corrected chi connectivity index (χ2v) is 10.2. The van der Waals surface area contributed by atoms with Crippen molar-refractivity contribution in [3.8, 4) is 5.75 Å². The highest BCUT2D eigenvalue weighted by molar-refractivity contribution is 5.96. The van der Waals surface area contributed by atoms with E-state index in [-0.39, 0.29) is 36.9 Å². The standard InChI is InChI=1S/C27H38N2O5/c1-17(2)15-23(31)29(18-9-5-3-4-6-10-18)21-16-20(27(33)28-13-14-30)24-19-11-7-8-12-22(19)34-26(24)25(21)32/h7-8,11-12,16-18,21,24-26,30,32H,3-6,9-10,13-15H2,1-2H3,(H,28,33). The van der Waals surface area contributed by atoms with E-state index < -0.39 is 24.2 Å². The Morgan fingerprint density at radius 1 is 1.15 bits per heavy atom. The molecule has 4 atom stereocenters. The van der Waals surface area contributed by atoms with Crippen molar-refractivity contribution in [1.82, 2.24) is 10.2 Å². The third-order valence-electron chi connectivity index (χ3n) is 7.29. The number of carbonyl (C=O) groups is 2. The van der Waals surface area contributed by atoms with Gasteiger partial charge < -0.3 is 25.2 Å². The average molecular weight is 471 g/mol. The van der Waals surface area contributed by atoms with E-state index in [4.69, 9.17) is 4.74 Å². The molecular weight excluding hydrogens is 432 g/mol. The highest BCUT2D eigenvalue weighted by Gasteiger charge is 2.51. The van der Waals surface area contributed by atoms with Gasteiger partial charge in [0.1, 0.15) is 18.0 Å². The van der Waals surface area contributed by atoms with Gasteiger partial charge in [-0.05, 0) is 30.9 Å². The lowest BCUT2D eigenvalue weighted by Crippen LogP contribution is -2.58. The minimum Gasteiger partial charge on any atom is -0.486 e. The molecule has 1 aromatic rings. The van der Waals surface area contributed by atoms with Crippen molar-refractivity contribution in [3.05, 3.63) is 41.5 Å². The number of aliphatic hydroxyl groups is 2. The molecule has 7 heteroatoms. The molecule has 2 aliphatic carbocycles. The highest BCUT2D eigenvalue weighted by atomic mass is 16.5. The van der Waals surface area contributed by atoms with Crippen LogP contribution in [-0.2, 0) is 9.59 Å². The molecule has 3 aliphatic rings. The number of amides is 2. The van der Waals surface area contributed by atoms with Crippen LogP contribution in [0.3, 0.4) is 0 Å². The largest absolute Gasteiger partial charge is 0.486 e. The molecule has 1 heterocycles. The Bertz CT molecular complexity index is 906. The first-order chi connectivity index (χ1) is 16.4. The molecule has 2 amide bonds. The van der Waals surface area contributed by atoms with Gasteiger partial charge in [-0.2, -0.15) is 0 Å². The maximum Gasteiger partial charge on any atom is 0.247 e. The van der Waals surface area contributed by atoms with Crippen molar-refractivity contribution < 1.29 is 24.5 Å². The second-order valence-electron chi connectivity index (χ2n) is 10.2. The van der Waals surface area contributed by atoms with E-state index >= 15 is 0 Å². The zero-order chi connectivity index (χ0) is 24.2. The lowest BCUT2D eigenvalue weighted by atomic mass is 9.77. The SMILES string of the molecule is CC(C)CC(=O)N(C1CCCCCC1)C1C=C(C(=O)NCCO)C2c3ccccc3OC2C1O. The number of carbonyl (C=O) groups excluding carboxylic acids is 2. The van der Waals surface area contributed by atoms with Gasteiger partial charge in [0.25, 0.3) is 0 Å². The first-order valence-corrected chi connectivity index (χ1v) is 12.8. The van der Waals surface area contributed by atoms with E-state index in [0.29, 0.717) is 17.7 Å². The number of rotatable bonds is 7. The summed E-state index contributed by atoms with van der Waals surface area (Å²) >= 11 is 0. The molecule has 7 nitrogen and oxygen atoms in total. The molecular formula is C27H38N2O5. The quantitative estimate of drug-likeness (QED) is 0.532. The molecule has 186 valence electrons. The van der Waals surface area contributed by atoms with Crippen molar-refractivity contribution in [2.75, 3.05) is 13.2 Å². The lowest BCUT2D eigenvalue weighted by Gasteiger charge is -2.44. The number of hydrogen-bond donors (Lipinski definition) is 3. The van der Waals surface area contributed by atoms with Crippen LogP contribution in [0.4, 0.5) is 0 Å². The molecule has 3 N–H and O–H groups in total. The summed E-state index contributed by atoms with van der Waals surface area (Å²) in [5.74, 6) is 0.159. The lowest BCUT2D eigenvalue weighted by molar-refractivity contribution is -0.141. The molecule has 0 spiro atoms. The van der Waals surface area contributed by atoms with Gasteiger partial charge in [-0.15, -0.1) is 0 Å². The van der Waals surface area contributed by atoms with E-state index in [1.807, 2.05) is 43.0 Å². The fraction of sp³-hybridized carbons (Fsp3) is 0.630. The highest BCUT2D eigenvalue weighted by Crippen LogP contribution is 2.47. The summed E-state index contributed by atoms with van der Waals surface area (Å²) in [6.07, 6.45) is 6.83. The summed E-state index contributed by atoms with van der Waals surface area (Å²) in [6.45, 7) is 4.03. The third-order valence-corrected chi connectivity index (χ3v) is 7.29. The fourth-order valence-corrected chi connectivity index (χ4v) is 5.77. The van der Waals surface area contributed by atoms with Crippen LogP contribution in [0.25, 0.3) is 0 Å². The summed E-state index contributed by atoms with van der Waals surface area (Å²) in [7, 11) is 0. The molecule has 0 radical (unpaired) electrons. The predicted molar refractivity (Wildman–Crippen MR) is 129 cm³/mol.